The summed E-state index contributed by atoms with van der Waals surface area (Å²) in [5.74, 6) is 1.30. The first-order chi connectivity index (χ1) is 16.8. The quantitative estimate of drug-likeness (QED) is 0.580. The maximum atomic E-state index is 5.46. The van der Waals surface area contributed by atoms with Crippen LogP contribution in [0.4, 0.5) is 17.1 Å². The van der Waals surface area contributed by atoms with E-state index in [0.717, 1.165) is 54.6 Å². The number of anilines is 2. The molecule has 0 aromatic heterocycles. The van der Waals surface area contributed by atoms with Crippen LogP contribution < -0.4 is 14.8 Å². The second-order valence-electron chi connectivity index (χ2n) is 8.31. The highest BCUT2D eigenvalue weighted by Gasteiger charge is 2.44. The number of hydrogen-bond acceptors (Lipinski definition) is 6. The molecule has 7 nitrogen and oxygen atoms in total. The predicted molar refractivity (Wildman–Crippen MR) is 139 cm³/mol. The summed E-state index contributed by atoms with van der Waals surface area (Å²) in [7, 11) is 0. The third-order valence-electron chi connectivity index (χ3n) is 6.24. The summed E-state index contributed by atoms with van der Waals surface area (Å²) in [4.78, 5) is 11.5. The summed E-state index contributed by atoms with van der Waals surface area (Å²) < 4.78 is 5.60. The monoisotopic (exact) mass is 449 g/mol. The van der Waals surface area contributed by atoms with Gasteiger partial charge in [0, 0.05) is 36.1 Å². The molecular formula is C27H25N6O+. The third kappa shape index (κ3) is 3.71. The lowest BCUT2D eigenvalue weighted by molar-refractivity contribution is 0.122. The summed E-state index contributed by atoms with van der Waals surface area (Å²) in [5.41, 5.74) is 5.40. The van der Waals surface area contributed by atoms with Gasteiger partial charge >= 0.3 is 0 Å². The van der Waals surface area contributed by atoms with Gasteiger partial charge in [0.25, 0.3) is 11.8 Å². The van der Waals surface area contributed by atoms with E-state index in [0.29, 0.717) is 5.96 Å². The average molecular weight is 450 g/mol. The number of morpholine rings is 1. The van der Waals surface area contributed by atoms with Crippen molar-refractivity contribution in [2.24, 2.45) is 15.1 Å². The van der Waals surface area contributed by atoms with E-state index in [1.807, 2.05) is 18.3 Å². The molecule has 0 saturated carbocycles. The lowest BCUT2D eigenvalue weighted by Gasteiger charge is -2.28. The van der Waals surface area contributed by atoms with Gasteiger partial charge in [0.15, 0.2) is 11.9 Å². The maximum absolute atomic E-state index is 5.46. The Bertz CT molecular complexity index is 1310. The van der Waals surface area contributed by atoms with E-state index in [2.05, 4.69) is 81.9 Å². The Balaban J connectivity index is 1.33. The number of rotatable bonds is 4. The Morgan fingerprint density at radius 1 is 0.853 bits per heavy atom. The third-order valence-corrected chi connectivity index (χ3v) is 6.24. The van der Waals surface area contributed by atoms with Crippen LogP contribution in [0.5, 0.6) is 0 Å². The van der Waals surface area contributed by atoms with Crippen LogP contribution in [0.2, 0.25) is 0 Å². The Labute approximate surface area is 198 Å². The molecule has 0 spiro atoms. The van der Waals surface area contributed by atoms with E-state index >= 15 is 0 Å². The summed E-state index contributed by atoms with van der Waals surface area (Å²) in [6.07, 6.45) is 5.53. The van der Waals surface area contributed by atoms with E-state index in [1.54, 1.807) is 12.4 Å². The van der Waals surface area contributed by atoms with Gasteiger partial charge in [-0.05, 0) is 41.0 Å². The normalized spacial score (nSPS) is 21.1. The van der Waals surface area contributed by atoms with Crippen LogP contribution in [-0.4, -0.2) is 44.3 Å². The summed E-state index contributed by atoms with van der Waals surface area (Å²) in [5, 5.41) is 8.43. The molecule has 3 aliphatic heterocycles. The molecule has 1 saturated heterocycles. The fraction of sp³-hybridized carbons (Fsp3) is 0.148. The molecule has 3 aromatic carbocycles. The van der Waals surface area contributed by atoms with Crippen molar-refractivity contribution in [3.63, 3.8) is 0 Å². The smallest absolute Gasteiger partial charge is 0.287 e. The van der Waals surface area contributed by atoms with Crippen LogP contribution in [0.25, 0.3) is 11.1 Å². The molecule has 1 fully saturated rings. The van der Waals surface area contributed by atoms with Gasteiger partial charge in [-0.25, -0.2) is 0 Å². The zero-order valence-electron chi connectivity index (χ0n) is 18.7. The molecule has 0 amide bonds. The van der Waals surface area contributed by atoms with E-state index < -0.39 is 0 Å². The molecule has 34 heavy (non-hydrogen) atoms. The molecule has 3 aliphatic rings. The van der Waals surface area contributed by atoms with Crippen LogP contribution in [0.3, 0.4) is 0 Å². The number of aliphatic imine (C=N–C) groups is 2. The number of para-hydroxylation sites is 1. The van der Waals surface area contributed by atoms with E-state index in [4.69, 9.17) is 14.8 Å². The Morgan fingerprint density at radius 3 is 2.44 bits per heavy atom. The number of benzene rings is 3. The average Bonchev–Trinajstić information content (AvgIpc) is 3.29. The largest absolute Gasteiger partial charge is 0.378 e. The van der Waals surface area contributed by atoms with Crippen molar-refractivity contribution in [3.05, 3.63) is 91.3 Å². The van der Waals surface area contributed by atoms with Gasteiger partial charge in [0.1, 0.15) is 6.21 Å². The molecule has 0 aliphatic carbocycles. The van der Waals surface area contributed by atoms with Crippen LogP contribution >= 0.6 is 0 Å². The number of hydrogen-bond donors (Lipinski definition) is 1. The first-order valence-corrected chi connectivity index (χ1v) is 11.5. The topological polar surface area (TPSA) is 61.6 Å². The number of fused-ring (bicyclic) bond motifs is 1. The minimum atomic E-state index is 0.142. The summed E-state index contributed by atoms with van der Waals surface area (Å²) in [6.45, 7) is 3.38. The van der Waals surface area contributed by atoms with Crippen molar-refractivity contribution in [2.45, 2.75) is 0 Å². The molecule has 3 heterocycles. The Hall–Kier alpha value is -4.07. The SMILES string of the molecule is C1=C[N+]2(c3ccccc3-c3ccccc3)N=C(Nc3ccc(N4CCOCC4)cc3)N=C2C=N1. The van der Waals surface area contributed by atoms with Crippen molar-refractivity contribution in [1.29, 1.82) is 0 Å². The molecule has 0 radical (unpaired) electrons. The lowest BCUT2D eigenvalue weighted by Crippen LogP contribution is -2.44. The van der Waals surface area contributed by atoms with Gasteiger partial charge in [0.2, 0.25) is 0 Å². The van der Waals surface area contributed by atoms with Gasteiger partial charge in [0.05, 0.1) is 19.4 Å². The van der Waals surface area contributed by atoms with Crippen LogP contribution in [0.15, 0.2) is 106 Å². The number of quaternary nitrogens is 1. The van der Waals surface area contributed by atoms with Crippen molar-refractivity contribution >= 4 is 35.1 Å². The molecule has 6 rings (SSSR count). The highest BCUT2D eigenvalue weighted by molar-refractivity contribution is 6.38. The van der Waals surface area contributed by atoms with Crippen molar-refractivity contribution in [1.82, 2.24) is 4.59 Å². The maximum Gasteiger partial charge on any atom is 0.287 e. The molecule has 7 heteroatoms. The second kappa shape index (κ2) is 8.70. The van der Waals surface area contributed by atoms with Crippen LogP contribution in [-0.2, 0) is 4.74 Å². The fourth-order valence-corrected chi connectivity index (χ4v) is 4.53. The Kier molecular flexibility index (Phi) is 5.25. The van der Waals surface area contributed by atoms with Crippen LogP contribution in [0, 0.1) is 0 Å². The first kappa shape index (κ1) is 20.5. The number of nitrogens with zero attached hydrogens (tertiary/aromatic N) is 5. The van der Waals surface area contributed by atoms with Crippen molar-refractivity contribution in [2.75, 3.05) is 36.5 Å². The predicted octanol–water partition coefficient (Wildman–Crippen LogP) is 4.85. The van der Waals surface area contributed by atoms with Crippen molar-refractivity contribution < 1.29 is 4.74 Å². The highest BCUT2D eigenvalue weighted by atomic mass is 16.5. The molecule has 1 unspecified atom stereocenters. The number of ether oxygens (including phenoxy) is 1. The minimum absolute atomic E-state index is 0.142. The Morgan fingerprint density at radius 2 is 1.62 bits per heavy atom. The summed E-state index contributed by atoms with van der Waals surface area (Å²) in [6, 6.07) is 27.1. The molecule has 1 N–H and O–H groups in total. The first-order valence-electron chi connectivity index (χ1n) is 11.5. The molecule has 0 bridgehead atoms. The van der Waals surface area contributed by atoms with Crippen LogP contribution in [0.1, 0.15) is 0 Å². The zero-order chi connectivity index (χ0) is 22.8. The van der Waals surface area contributed by atoms with E-state index in [-0.39, 0.29) is 4.59 Å². The van der Waals surface area contributed by atoms with Gasteiger partial charge < -0.3 is 15.0 Å². The van der Waals surface area contributed by atoms with E-state index in [9.17, 15) is 0 Å². The minimum Gasteiger partial charge on any atom is -0.378 e. The standard InChI is InChI=1S/C27H25N6O/c1-2-6-21(7-3-1)24-8-4-5-9-25(24)33-17-14-28-20-26(33)30-27(31-33)29-22-10-12-23(13-11-22)32-15-18-34-19-16-32/h1-14,17,20H,15-16,18-19H2,(H,29,31)/q+1. The summed E-state index contributed by atoms with van der Waals surface area (Å²) >= 11 is 0. The number of guanidine groups is 1. The molecular weight excluding hydrogens is 424 g/mol. The molecule has 168 valence electrons. The zero-order valence-corrected chi connectivity index (χ0v) is 18.7. The molecule has 3 aromatic rings. The van der Waals surface area contributed by atoms with Gasteiger partial charge in [-0.3, -0.25) is 4.99 Å². The van der Waals surface area contributed by atoms with Gasteiger partial charge in [-0.2, -0.15) is 4.99 Å². The number of amidine groups is 1. The highest BCUT2D eigenvalue weighted by Crippen LogP contribution is 2.39. The van der Waals surface area contributed by atoms with E-state index in [1.165, 1.54) is 5.69 Å². The lowest BCUT2D eigenvalue weighted by atomic mass is 10.0. The number of nitrogens with one attached hydrogen (secondary N) is 1. The van der Waals surface area contributed by atoms with Gasteiger partial charge in [-0.15, -0.1) is 0 Å². The molecule has 1 atom stereocenters. The fourth-order valence-electron chi connectivity index (χ4n) is 4.53. The van der Waals surface area contributed by atoms with Gasteiger partial charge in [-0.1, -0.05) is 47.1 Å². The second-order valence-corrected chi connectivity index (χ2v) is 8.31. The van der Waals surface area contributed by atoms with Crippen molar-refractivity contribution in [3.8, 4) is 11.1 Å².